The minimum Gasteiger partial charge on any atom is -0.507 e. The van der Waals surface area contributed by atoms with Gasteiger partial charge in [-0.2, -0.15) is 0 Å². The highest BCUT2D eigenvalue weighted by molar-refractivity contribution is 5.96. The SMILES string of the molecule is Cc1ccc(O)c(C(=O)NCCNCC(C)O)c1. The number of phenols is 1. The van der Waals surface area contributed by atoms with Crippen molar-refractivity contribution in [2.24, 2.45) is 0 Å². The van der Waals surface area contributed by atoms with Crippen LogP contribution in [-0.2, 0) is 0 Å². The molecule has 1 unspecified atom stereocenters. The van der Waals surface area contributed by atoms with Crippen molar-refractivity contribution in [2.45, 2.75) is 20.0 Å². The second-order valence-corrected chi connectivity index (χ2v) is 4.33. The number of aliphatic hydroxyl groups excluding tert-OH is 1. The van der Waals surface area contributed by atoms with E-state index in [9.17, 15) is 9.90 Å². The molecule has 0 bridgehead atoms. The van der Waals surface area contributed by atoms with Crippen molar-refractivity contribution in [3.63, 3.8) is 0 Å². The van der Waals surface area contributed by atoms with Gasteiger partial charge in [0.15, 0.2) is 0 Å². The van der Waals surface area contributed by atoms with Crippen LogP contribution >= 0.6 is 0 Å². The largest absolute Gasteiger partial charge is 0.507 e. The Hall–Kier alpha value is -1.59. The van der Waals surface area contributed by atoms with E-state index in [1.807, 2.05) is 6.92 Å². The highest BCUT2D eigenvalue weighted by Gasteiger charge is 2.10. The molecule has 1 aromatic carbocycles. The second kappa shape index (κ2) is 6.98. The van der Waals surface area contributed by atoms with Gasteiger partial charge < -0.3 is 20.8 Å². The Balaban J connectivity index is 2.39. The van der Waals surface area contributed by atoms with Crippen molar-refractivity contribution in [3.05, 3.63) is 29.3 Å². The summed E-state index contributed by atoms with van der Waals surface area (Å²) in [5.41, 5.74) is 1.20. The molecule has 1 aromatic rings. The lowest BCUT2D eigenvalue weighted by Crippen LogP contribution is -2.34. The van der Waals surface area contributed by atoms with Crippen molar-refractivity contribution < 1.29 is 15.0 Å². The lowest BCUT2D eigenvalue weighted by Gasteiger charge is -2.09. The fourth-order valence-corrected chi connectivity index (χ4v) is 1.50. The van der Waals surface area contributed by atoms with E-state index < -0.39 is 6.10 Å². The molecule has 5 nitrogen and oxygen atoms in total. The number of carbonyl (C=O) groups excluding carboxylic acids is 1. The summed E-state index contributed by atoms with van der Waals surface area (Å²) in [6, 6.07) is 4.90. The third-order valence-corrected chi connectivity index (χ3v) is 2.42. The number of phenolic OH excluding ortho intramolecular Hbond substituents is 1. The van der Waals surface area contributed by atoms with Crippen molar-refractivity contribution >= 4 is 5.91 Å². The Labute approximate surface area is 107 Å². The molecule has 5 heteroatoms. The second-order valence-electron chi connectivity index (χ2n) is 4.33. The van der Waals surface area contributed by atoms with Crippen LogP contribution in [0.3, 0.4) is 0 Å². The number of aromatic hydroxyl groups is 1. The van der Waals surface area contributed by atoms with Crippen LogP contribution in [0.25, 0.3) is 0 Å². The van der Waals surface area contributed by atoms with Gasteiger partial charge in [-0.25, -0.2) is 0 Å². The van der Waals surface area contributed by atoms with Gasteiger partial charge >= 0.3 is 0 Å². The smallest absolute Gasteiger partial charge is 0.255 e. The molecule has 0 aliphatic rings. The van der Waals surface area contributed by atoms with Crippen molar-refractivity contribution in [1.29, 1.82) is 0 Å². The highest BCUT2D eigenvalue weighted by atomic mass is 16.3. The predicted molar refractivity (Wildman–Crippen MR) is 69.7 cm³/mol. The van der Waals surface area contributed by atoms with Gasteiger partial charge in [0.25, 0.3) is 5.91 Å². The molecule has 0 fully saturated rings. The van der Waals surface area contributed by atoms with Crippen LogP contribution in [0.2, 0.25) is 0 Å². The average molecular weight is 252 g/mol. The van der Waals surface area contributed by atoms with Crippen LogP contribution in [0.5, 0.6) is 5.75 Å². The Bertz CT molecular complexity index is 405. The summed E-state index contributed by atoms with van der Waals surface area (Å²) in [6.07, 6.45) is -0.401. The molecular weight excluding hydrogens is 232 g/mol. The van der Waals surface area contributed by atoms with Crippen LogP contribution < -0.4 is 10.6 Å². The third-order valence-electron chi connectivity index (χ3n) is 2.42. The van der Waals surface area contributed by atoms with Gasteiger partial charge in [-0.15, -0.1) is 0 Å². The van der Waals surface area contributed by atoms with Gasteiger partial charge in [0, 0.05) is 19.6 Å². The maximum Gasteiger partial charge on any atom is 0.255 e. The van der Waals surface area contributed by atoms with Gasteiger partial charge in [-0.05, 0) is 26.0 Å². The van der Waals surface area contributed by atoms with Crippen LogP contribution in [0, 0.1) is 6.92 Å². The Morgan fingerprint density at radius 2 is 2.11 bits per heavy atom. The van der Waals surface area contributed by atoms with Crippen molar-refractivity contribution in [3.8, 4) is 5.75 Å². The van der Waals surface area contributed by atoms with Gasteiger partial charge in [0.2, 0.25) is 0 Å². The van der Waals surface area contributed by atoms with Crippen LogP contribution in [-0.4, -0.2) is 41.9 Å². The summed E-state index contributed by atoms with van der Waals surface area (Å²) in [5.74, 6) is -0.315. The first-order chi connectivity index (χ1) is 8.50. The van der Waals surface area contributed by atoms with Gasteiger partial charge in [-0.3, -0.25) is 4.79 Å². The summed E-state index contributed by atoms with van der Waals surface area (Å²) in [7, 11) is 0. The number of aliphatic hydroxyl groups is 1. The summed E-state index contributed by atoms with van der Waals surface area (Å²) in [6.45, 7) is 5.06. The number of aryl methyl sites for hydroxylation is 1. The van der Waals surface area contributed by atoms with Crippen LogP contribution in [0.1, 0.15) is 22.8 Å². The van der Waals surface area contributed by atoms with Gasteiger partial charge in [-0.1, -0.05) is 11.6 Å². The van der Waals surface area contributed by atoms with Gasteiger partial charge in [0.05, 0.1) is 11.7 Å². The van der Waals surface area contributed by atoms with E-state index >= 15 is 0 Å². The first-order valence-corrected chi connectivity index (χ1v) is 5.97. The molecule has 0 heterocycles. The molecule has 0 aliphatic carbocycles. The fourth-order valence-electron chi connectivity index (χ4n) is 1.50. The maximum absolute atomic E-state index is 11.8. The number of benzene rings is 1. The molecule has 1 atom stereocenters. The molecule has 1 rings (SSSR count). The first kappa shape index (κ1) is 14.5. The maximum atomic E-state index is 11.8. The fraction of sp³-hybridized carbons (Fsp3) is 0.462. The molecule has 1 amide bonds. The topological polar surface area (TPSA) is 81.6 Å². The lowest BCUT2D eigenvalue weighted by molar-refractivity contribution is 0.0951. The number of amides is 1. The standard InChI is InChI=1S/C13H20N2O3/c1-9-3-4-12(17)11(7-9)13(18)15-6-5-14-8-10(2)16/h3-4,7,10,14,16-17H,5-6,8H2,1-2H3,(H,15,18). The molecule has 0 aromatic heterocycles. The van der Waals surface area contributed by atoms with E-state index in [4.69, 9.17) is 5.11 Å². The summed E-state index contributed by atoms with van der Waals surface area (Å²) >= 11 is 0. The van der Waals surface area contributed by atoms with Crippen LogP contribution in [0.4, 0.5) is 0 Å². The van der Waals surface area contributed by atoms with E-state index in [-0.39, 0.29) is 17.2 Å². The highest BCUT2D eigenvalue weighted by Crippen LogP contribution is 2.17. The number of hydrogen-bond donors (Lipinski definition) is 4. The molecule has 4 N–H and O–H groups in total. The van der Waals surface area contributed by atoms with E-state index in [2.05, 4.69) is 10.6 Å². The molecule has 0 saturated carbocycles. The zero-order valence-electron chi connectivity index (χ0n) is 10.7. The molecule has 0 saturated heterocycles. The minimum atomic E-state index is -0.401. The molecule has 0 aliphatic heterocycles. The third kappa shape index (κ3) is 4.73. The number of rotatable bonds is 6. The zero-order valence-corrected chi connectivity index (χ0v) is 10.7. The molecular formula is C13H20N2O3. The van der Waals surface area contributed by atoms with Crippen molar-refractivity contribution in [1.82, 2.24) is 10.6 Å². The van der Waals surface area contributed by atoms with E-state index in [1.165, 1.54) is 6.07 Å². The Morgan fingerprint density at radius 3 is 2.78 bits per heavy atom. The van der Waals surface area contributed by atoms with Crippen LogP contribution in [0.15, 0.2) is 18.2 Å². The predicted octanol–water partition coefficient (Wildman–Crippen LogP) is 0.401. The summed E-state index contributed by atoms with van der Waals surface area (Å²) < 4.78 is 0. The van der Waals surface area contributed by atoms with E-state index in [0.717, 1.165) is 5.56 Å². The van der Waals surface area contributed by atoms with Crippen molar-refractivity contribution in [2.75, 3.05) is 19.6 Å². The Kier molecular flexibility index (Phi) is 5.61. The summed E-state index contributed by atoms with van der Waals surface area (Å²) in [5, 5.41) is 24.3. The Morgan fingerprint density at radius 1 is 1.39 bits per heavy atom. The lowest BCUT2D eigenvalue weighted by atomic mass is 10.1. The normalized spacial score (nSPS) is 12.2. The minimum absolute atomic E-state index is 0.0185. The zero-order chi connectivity index (χ0) is 13.5. The molecule has 0 spiro atoms. The summed E-state index contributed by atoms with van der Waals surface area (Å²) in [4.78, 5) is 11.8. The number of hydrogen-bond acceptors (Lipinski definition) is 4. The monoisotopic (exact) mass is 252 g/mol. The quantitative estimate of drug-likeness (QED) is 0.552. The average Bonchev–Trinajstić information content (AvgIpc) is 2.31. The van der Waals surface area contributed by atoms with E-state index in [0.29, 0.717) is 19.6 Å². The number of nitrogens with one attached hydrogen (secondary N) is 2. The molecule has 100 valence electrons. The van der Waals surface area contributed by atoms with E-state index in [1.54, 1.807) is 19.1 Å². The molecule has 0 radical (unpaired) electrons. The molecule has 18 heavy (non-hydrogen) atoms. The number of carbonyl (C=O) groups is 1. The first-order valence-electron chi connectivity index (χ1n) is 5.97. The van der Waals surface area contributed by atoms with Gasteiger partial charge in [0.1, 0.15) is 5.75 Å².